The van der Waals surface area contributed by atoms with Gasteiger partial charge >= 0.3 is 0 Å². The zero-order chi connectivity index (χ0) is 16.8. The third kappa shape index (κ3) is 2.74. The summed E-state index contributed by atoms with van der Waals surface area (Å²) in [5.74, 6) is 0.735. The summed E-state index contributed by atoms with van der Waals surface area (Å²) in [5.41, 5.74) is 5.72. The molecule has 1 aromatic rings. The van der Waals surface area contributed by atoms with Crippen LogP contribution in [0.15, 0.2) is 29.8 Å². The molecule has 1 aromatic carbocycles. The van der Waals surface area contributed by atoms with Crippen LogP contribution in [0.1, 0.15) is 45.2 Å². The van der Waals surface area contributed by atoms with Crippen molar-refractivity contribution in [1.29, 1.82) is 0 Å². The average molecular weight is 329 g/mol. The first-order valence-electron chi connectivity index (χ1n) is 8.82. The van der Waals surface area contributed by atoms with E-state index in [0.29, 0.717) is 35.8 Å². The molecule has 0 spiro atoms. The average Bonchev–Trinajstić information content (AvgIpc) is 2.82. The molecule has 1 aliphatic heterocycles. The van der Waals surface area contributed by atoms with Crippen LogP contribution in [0.3, 0.4) is 0 Å². The van der Waals surface area contributed by atoms with Gasteiger partial charge in [0, 0.05) is 12.0 Å². The lowest BCUT2D eigenvalue weighted by molar-refractivity contribution is -0.113. The smallest absolute Gasteiger partial charge is 0.198 e. The molecule has 0 radical (unpaired) electrons. The molecule has 23 heavy (non-hydrogen) atoms. The molecule has 0 aromatic heterocycles. The van der Waals surface area contributed by atoms with Gasteiger partial charge in [-0.05, 0) is 41.1 Å². The molecule has 2 nitrogen and oxygen atoms in total. The van der Waals surface area contributed by atoms with Crippen molar-refractivity contribution >= 4 is 19.7 Å². The predicted octanol–water partition coefficient (Wildman–Crippen LogP) is 5.13. The SMILES string of the molecule is Cc1ccc(C2=C3CO[Si](C(C)C)(C(C)C)CC3CC2=O)cc1. The Hall–Kier alpha value is -1.19. The first kappa shape index (κ1) is 16.7. The Balaban J connectivity index is 1.96. The minimum absolute atomic E-state index is 0.315. The normalized spacial score (nSPS) is 23.8. The zero-order valence-electron chi connectivity index (χ0n) is 15.0. The minimum Gasteiger partial charge on any atom is -0.412 e. The highest BCUT2D eigenvalue weighted by molar-refractivity contribution is 6.76. The molecule has 3 heteroatoms. The maximum Gasteiger partial charge on any atom is 0.198 e. The van der Waals surface area contributed by atoms with E-state index in [1.54, 1.807) is 0 Å². The third-order valence-corrected chi connectivity index (χ3v) is 11.6. The number of allylic oxidation sites excluding steroid dienone is 1. The van der Waals surface area contributed by atoms with Crippen molar-refractivity contribution < 1.29 is 9.22 Å². The van der Waals surface area contributed by atoms with Crippen LogP contribution >= 0.6 is 0 Å². The highest BCUT2D eigenvalue weighted by Gasteiger charge is 2.50. The van der Waals surface area contributed by atoms with E-state index in [2.05, 4.69) is 58.9 Å². The molecular formula is C20H28O2Si. The number of benzene rings is 1. The summed E-state index contributed by atoms with van der Waals surface area (Å²) < 4.78 is 6.55. The number of ketones is 1. The Morgan fingerprint density at radius 3 is 2.26 bits per heavy atom. The molecule has 124 valence electrons. The van der Waals surface area contributed by atoms with Crippen molar-refractivity contribution in [3.05, 3.63) is 41.0 Å². The molecule has 1 fully saturated rings. The van der Waals surface area contributed by atoms with E-state index in [-0.39, 0.29) is 0 Å². The first-order valence-corrected chi connectivity index (χ1v) is 11.1. The maximum absolute atomic E-state index is 12.7. The second-order valence-corrected chi connectivity index (χ2v) is 12.8. The fourth-order valence-corrected chi connectivity index (χ4v) is 9.06. The van der Waals surface area contributed by atoms with Gasteiger partial charge in [0.05, 0.1) is 6.61 Å². The summed E-state index contributed by atoms with van der Waals surface area (Å²) in [7, 11) is -1.78. The highest BCUT2D eigenvalue weighted by Crippen LogP contribution is 2.49. The van der Waals surface area contributed by atoms with Crippen LogP contribution in [-0.2, 0) is 9.22 Å². The molecule has 3 rings (SSSR count). The monoisotopic (exact) mass is 328 g/mol. The quantitative estimate of drug-likeness (QED) is 0.719. The van der Waals surface area contributed by atoms with Crippen LogP contribution in [0.2, 0.25) is 17.1 Å². The summed E-state index contributed by atoms with van der Waals surface area (Å²) in [6.45, 7) is 12.0. The lowest BCUT2D eigenvalue weighted by Crippen LogP contribution is -2.49. The molecule has 0 N–H and O–H groups in total. The van der Waals surface area contributed by atoms with Crippen molar-refractivity contribution in [2.45, 2.75) is 58.2 Å². The summed E-state index contributed by atoms with van der Waals surface area (Å²) in [4.78, 5) is 12.7. The second-order valence-electron chi connectivity index (χ2n) is 7.85. The van der Waals surface area contributed by atoms with Crippen LogP contribution in [0, 0.1) is 12.8 Å². The van der Waals surface area contributed by atoms with Gasteiger partial charge in [0.15, 0.2) is 14.1 Å². The van der Waals surface area contributed by atoms with Gasteiger partial charge in [-0.2, -0.15) is 0 Å². The van der Waals surface area contributed by atoms with E-state index in [9.17, 15) is 4.79 Å². The lowest BCUT2D eigenvalue weighted by atomic mass is 9.98. The lowest BCUT2D eigenvalue weighted by Gasteiger charge is -2.44. The molecule has 1 atom stereocenters. The Kier molecular flexibility index (Phi) is 4.36. The Morgan fingerprint density at radius 2 is 1.70 bits per heavy atom. The molecule has 0 saturated carbocycles. The van der Waals surface area contributed by atoms with Crippen LogP contribution in [-0.4, -0.2) is 20.7 Å². The molecule has 0 amide bonds. The molecule has 0 bridgehead atoms. The van der Waals surface area contributed by atoms with Gasteiger partial charge in [-0.1, -0.05) is 57.5 Å². The van der Waals surface area contributed by atoms with Crippen molar-refractivity contribution in [1.82, 2.24) is 0 Å². The van der Waals surface area contributed by atoms with Crippen LogP contribution < -0.4 is 0 Å². The van der Waals surface area contributed by atoms with E-state index in [4.69, 9.17) is 4.43 Å². The maximum atomic E-state index is 12.7. The summed E-state index contributed by atoms with van der Waals surface area (Å²) >= 11 is 0. The molecule has 1 aliphatic carbocycles. The third-order valence-electron chi connectivity index (χ3n) is 5.88. The van der Waals surface area contributed by atoms with E-state index < -0.39 is 8.32 Å². The number of hydrogen-bond donors (Lipinski definition) is 0. The predicted molar refractivity (Wildman–Crippen MR) is 97.9 cm³/mol. The largest absolute Gasteiger partial charge is 0.412 e. The first-order chi connectivity index (χ1) is 10.8. The Morgan fingerprint density at radius 1 is 1.09 bits per heavy atom. The van der Waals surface area contributed by atoms with Gasteiger partial charge in [0.25, 0.3) is 0 Å². The second kappa shape index (κ2) is 6.03. The number of Topliss-reactive ketones (excluding diaryl/α,β-unsaturated/α-hetero) is 1. The van der Waals surface area contributed by atoms with Crippen molar-refractivity contribution in [2.24, 2.45) is 5.92 Å². The van der Waals surface area contributed by atoms with Crippen LogP contribution in [0.4, 0.5) is 0 Å². The Labute approximate surface area is 141 Å². The molecular weight excluding hydrogens is 300 g/mol. The van der Waals surface area contributed by atoms with E-state index in [1.807, 2.05) is 0 Å². The van der Waals surface area contributed by atoms with Crippen molar-refractivity contribution in [2.75, 3.05) is 6.61 Å². The van der Waals surface area contributed by atoms with E-state index >= 15 is 0 Å². The molecule has 1 saturated heterocycles. The number of hydrogen-bond acceptors (Lipinski definition) is 2. The van der Waals surface area contributed by atoms with Crippen LogP contribution in [0.25, 0.3) is 5.57 Å². The summed E-state index contributed by atoms with van der Waals surface area (Å²) in [6, 6.07) is 9.46. The fourth-order valence-electron chi connectivity index (χ4n) is 4.41. The van der Waals surface area contributed by atoms with E-state index in [1.165, 1.54) is 11.1 Å². The number of fused-ring (bicyclic) bond motifs is 1. The standard InChI is InChI=1S/C20H28O2Si/c1-13(2)23(14(3)4)12-17-10-19(21)20(18(17)11-22-23)16-8-6-15(5)7-9-16/h6-9,13-14,17H,10-12H2,1-5H3. The van der Waals surface area contributed by atoms with Crippen LogP contribution in [0.5, 0.6) is 0 Å². The van der Waals surface area contributed by atoms with Gasteiger partial charge < -0.3 is 4.43 Å². The highest BCUT2D eigenvalue weighted by atomic mass is 28.4. The Bertz CT molecular complexity index is 632. The molecule has 2 aliphatic rings. The van der Waals surface area contributed by atoms with Gasteiger partial charge in [-0.15, -0.1) is 0 Å². The van der Waals surface area contributed by atoms with Gasteiger partial charge in [-0.25, -0.2) is 0 Å². The number of carbonyl (C=O) groups is 1. The number of aryl methyl sites for hydroxylation is 1. The van der Waals surface area contributed by atoms with Gasteiger partial charge in [0.1, 0.15) is 0 Å². The number of rotatable bonds is 3. The number of carbonyl (C=O) groups excluding carboxylic acids is 1. The zero-order valence-corrected chi connectivity index (χ0v) is 16.0. The topological polar surface area (TPSA) is 26.3 Å². The fraction of sp³-hybridized carbons (Fsp3) is 0.550. The summed E-state index contributed by atoms with van der Waals surface area (Å²) in [5, 5.41) is 0. The van der Waals surface area contributed by atoms with Crippen molar-refractivity contribution in [3.63, 3.8) is 0 Å². The summed E-state index contributed by atoms with van der Waals surface area (Å²) in [6.07, 6.45) is 0.691. The van der Waals surface area contributed by atoms with Gasteiger partial charge in [-0.3, -0.25) is 4.79 Å². The molecule has 1 heterocycles. The van der Waals surface area contributed by atoms with Crippen molar-refractivity contribution in [3.8, 4) is 0 Å². The molecule has 1 unspecified atom stereocenters. The van der Waals surface area contributed by atoms with E-state index in [0.717, 1.165) is 17.2 Å². The minimum atomic E-state index is -1.78. The van der Waals surface area contributed by atoms with Gasteiger partial charge in [0.2, 0.25) is 0 Å².